The highest BCUT2D eigenvalue weighted by molar-refractivity contribution is 7.95. The third kappa shape index (κ3) is 3.93. The quantitative estimate of drug-likeness (QED) is 0.435. The predicted octanol–water partition coefficient (Wildman–Crippen LogP) is 4.62. The molecule has 0 N–H and O–H groups in total. The second kappa shape index (κ2) is 8.09. The van der Waals surface area contributed by atoms with E-state index >= 15 is 0 Å². The highest BCUT2D eigenvalue weighted by atomic mass is 32.2. The summed E-state index contributed by atoms with van der Waals surface area (Å²) in [5, 5.41) is 14.1. The van der Waals surface area contributed by atoms with Crippen LogP contribution in [0.5, 0.6) is 0 Å². The molecule has 7 heteroatoms. The summed E-state index contributed by atoms with van der Waals surface area (Å²) in [5.74, 6) is 0. The summed E-state index contributed by atoms with van der Waals surface area (Å²) >= 11 is 0. The first-order valence-corrected chi connectivity index (χ1v) is 11.1. The molecule has 0 aliphatic heterocycles. The van der Waals surface area contributed by atoms with Gasteiger partial charge in [-0.3, -0.25) is 0 Å². The topological polar surface area (TPSA) is 80.7 Å². The van der Waals surface area contributed by atoms with Crippen molar-refractivity contribution in [1.29, 1.82) is 5.26 Å². The minimum Gasteiger partial charge on any atom is -0.317 e. The number of hydrogen-bond donors (Lipinski definition) is 0. The lowest BCUT2D eigenvalue weighted by atomic mass is 10.2. The maximum Gasteiger partial charge on any atom is 0.216 e. The summed E-state index contributed by atoms with van der Waals surface area (Å²) in [5.41, 5.74) is 4.36. The van der Waals surface area contributed by atoms with Gasteiger partial charge in [0.15, 0.2) is 4.91 Å². The molecule has 2 heterocycles. The maximum atomic E-state index is 12.9. The number of aromatic nitrogens is 3. The van der Waals surface area contributed by atoms with Gasteiger partial charge in [-0.05, 0) is 74.5 Å². The average molecular weight is 429 g/mol. The Kier molecular flexibility index (Phi) is 5.32. The molecule has 0 unspecified atom stereocenters. The summed E-state index contributed by atoms with van der Waals surface area (Å²) < 4.78 is 29.4. The Morgan fingerprint density at radius 1 is 0.968 bits per heavy atom. The Morgan fingerprint density at radius 3 is 2.26 bits per heavy atom. The minimum absolute atomic E-state index is 0.0927. The third-order valence-corrected chi connectivity index (χ3v) is 6.58. The van der Waals surface area contributed by atoms with Crippen LogP contribution in [0.15, 0.2) is 88.8 Å². The van der Waals surface area contributed by atoms with Crippen LogP contribution in [0.4, 0.5) is 0 Å². The number of aryl methyl sites for hydroxylation is 2. The van der Waals surface area contributed by atoms with Crippen molar-refractivity contribution in [3.8, 4) is 17.4 Å². The number of rotatable bonds is 5. The van der Waals surface area contributed by atoms with Gasteiger partial charge in [0, 0.05) is 23.3 Å². The average Bonchev–Trinajstić information content (AvgIpc) is 3.38. The Balaban J connectivity index is 1.71. The molecule has 0 bridgehead atoms. The summed E-state index contributed by atoms with van der Waals surface area (Å²) in [7, 11) is -3.90. The van der Waals surface area contributed by atoms with Crippen molar-refractivity contribution in [2.75, 3.05) is 0 Å². The summed E-state index contributed by atoms with van der Waals surface area (Å²) in [6, 6.07) is 23.2. The molecule has 0 fully saturated rings. The molecule has 2 aromatic carbocycles. The SMILES string of the molecule is Cc1cc(C)n(-c2ccc(-n3cccc3/C=C(\C#N)S(=O)(=O)c3ccccc3)cc2)n1. The second-order valence-electron chi connectivity index (χ2n) is 7.10. The van der Waals surface area contributed by atoms with Gasteiger partial charge in [0.1, 0.15) is 6.07 Å². The van der Waals surface area contributed by atoms with E-state index in [-0.39, 0.29) is 9.80 Å². The first kappa shape index (κ1) is 20.4. The minimum atomic E-state index is -3.90. The second-order valence-corrected chi connectivity index (χ2v) is 9.01. The largest absolute Gasteiger partial charge is 0.317 e. The molecule has 0 aliphatic rings. The van der Waals surface area contributed by atoms with Gasteiger partial charge in [-0.2, -0.15) is 10.4 Å². The van der Waals surface area contributed by atoms with E-state index in [9.17, 15) is 13.7 Å². The number of benzene rings is 2. The van der Waals surface area contributed by atoms with E-state index in [1.165, 1.54) is 18.2 Å². The summed E-state index contributed by atoms with van der Waals surface area (Å²) in [4.78, 5) is -0.215. The van der Waals surface area contributed by atoms with Crippen LogP contribution in [-0.4, -0.2) is 22.8 Å². The molecule has 0 radical (unpaired) electrons. The number of sulfone groups is 1. The fraction of sp³-hybridized carbons (Fsp3) is 0.0833. The zero-order valence-electron chi connectivity index (χ0n) is 17.1. The highest BCUT2D eigenvalue weighted by Gasteiger charge is 2.21. The molecule has 6 nitrogen and oxygen atoms in total. The van der Waals surface area contributed by atoms with Gasteiger partial charge in [-0.15, -0.1) is 0 Å². The number of nitriles is 1. The molecule has 4 aromatic rings. The van der Waals surface area contributed by atoms with Crippen LogP contribution in [0.25, 0.3) is 17.5 Å². The standard InChI is InChI=1S/C24H20N4O2S/c1-18-15-19(2)28(26-18)21-12-10-20(11-13-21)27-14-6-7-22(27)16-24(17-25)31(29,30)23-8-4-3-5-9-23/h3-16H,1-2H3/b24-16+. The Hall–Kier alpha value is -3.89. The van der Waals surface area contributed by atoms with Crippen molar-refractivity contribution in [3.63, 3.8) is 0 Å². The van der Waals surface area contributed by atoms with E-state index in [1.807, 2.05) is 71.8 Å². The van der Waals surface area contributed by atoms with Crippen LogP contribution in [0.1, 0.15) is 17.1 Å². The summed E-state index contributed by atoms with van der Waals surface area (Å²) in [6.07, 6.45) is 3.23. The third-order valence-electron chi connectivity index (χ3n) is 4.89. The molecule has 0 atom stereocenters. The summed E-state index contributed by atoms with van der Waals surface area (Å²) in [6.45, 7) is 3.95. The fourth-order valence-corrected chi connectivity index (χ4v) is 4.59. The fourth-order valence-electron chi connectivity index (χ4n) is 3.42. The van der Waals surface area contributed by atoms with Crippen LogP contribution < -0.4 is 0 Å². The molecule has 154 valence electrons. The molecule has 0 saturated carbocycles. The zero-order valence-corrected chi connectivity index (χ0v) is 17.9. The smallest absolute Gasteiger partial charge is 0.216 e. The Bertz CT molecular complexity index is 1400. The number of allylic oxidation sites excluding steroid dienone is 1. The van der Waals surface area contributed by atoms with Crippen molar-refractivity contribution in [1.82, 2.24) is 14.3 Å². The van der Waals surface area contributed by atoms with Crippen LogP contribution in [0.3, 0.4) is 0 Å². The van der Waals surface area contributed by atoms with Gasteiger partial charge < -0.3 is 4.57 Å². The van der Waals surface area contributed by atoms with Crippen molar-refractivity contribution in [2.24, 2.45) is 0 Å². The first-order chi connectivity index (χ1) is 14.9. The number of hydrogen-bond acceptors (Lipinski definition) is 4. The van der Waals surface area contributed by atoms with Gasteiger partial charge in [-0.25, -0.2) is 13.1 Å². The van der Waals surface area contributed by atoms with E-state index < -0.39 is 9.84 Å². The van der Waals surface area contributed by atoms with E-state index in [2.05, 4.69) is 5.10 Å². The first-order valence-electron chi connectivity index (χ1n) is 9.63. The lowest BCUT2D eigenvalue weighted by molar-refractivity contribution is 0.603. The lowest BCUT2D eigenvalue weighted by Crippen LogP contribution is -2.04. The van der Waals surface area contributed by atoms with Gasteiger partial charge in [0.2, 0.25) is 9.84 Å². The van der Waals surface area contributed by atoms with Crippen LogP contribution >= 0.6 is 0 Å². The highest BCUT2D eigenvalue weighted by Crippen LogP contribution is 2.23. The van der Waals surface area contributed by atoms with Gasteiger partial charge in [0.25, 0.3) is 0 Å². The molecule has 0 saturated heterocycles. The molecule has 0 aliphatic carbocycles. The molecule has 31 heavy (non-hydrogen) atoms. The maximum absolute atomic E-state index is 12.9. The van der Waals surface area contributed by atoms with Crippen LogP contribution in [-0.2, 0) is 9.84 Å². The zero-order chi connectivity index (χ0) is 22.0. The normalized spacial score (nSPS) is 12.0. The molecule has 0 amide bonds. The van der Waals surface area contributed by atoms with Crippen molar-refractivity contribution in [3.05, 3.63) is 101 Å². The molecule has 2 aromatic heterocycles. The monoisotopic (exact) mass is 428 g/mol. The van der Waals surface area contributed by atoms with Crippen LogP contribution in [0, 0.1) is 25.2 Å². The van der Waals surface area contributed by atoms with Gasteiger partial charge >= 0.3 is 0 Å². The van der Waals surface area contributed by atoms with Crippen molar-refractivity contribution >= 4 is 15.9 Å². The van der Waals surface area contributed by atoms with E-state index in [0.717, 1.165) is 22.8 Å². The van der Waals surface area contributed by atoms with Crippen LogP contribution in [0.2, 0.25) is 0 Å². The molecule has 0 spiro atoms. The predicted molar refractivity (Wildman–Crippen MR) is 120 cm³/mol. The molecular weight excluding hydrogens is 408 g/mol. The van der Waals surface area contributed by atoms with E-state index in [4.69, 9.17) is 0 Å². The Labute approximate surface area is 181 Å². The molecular formula is C24H20N4O2S. The van der Waals surface area contributed by atoms with E-state index in [1.54, 1.807) is 24.3 Å². The van der Waals surface area contributed by atoms with Crippen molar-refractivity contribution < 1.29 is 8.42 Å². The van der Waals surface area contributed by atoms with Gasteiger partial charge in [0.05, 0.1) is 16.3 Å². The number of nitrogens with zero attached hydrogens (tertiary/aromatic N) is 4. The molecule has 4 rings (SSSR count). The van der Waals surface area contributed by atoms with E-state index in [0.29, 0.717) is 5.69 Å². The van der Waals surface area contributed by atoms with Gasteiger partial charge in [-0.1, -0.05) is 18.2 Å². The Morgan fingerprint density at radius 2 is 1.65 bits per heavy atom. The lowest BCUT2D eigenvalue weighted by Gasteiger charge is -2.10. The van der Waals surface area contributed by atoms with Crippen molar-refractivity contribution in [2.45, 2.75) is 18.7 Å².